The Morgan fingerprint density at radius 2 is 2.38 bits per heavy atom. The van der Waals surface area contributed by atoms with Gasteiger partial charge in [-0.1, -0.05) is 18.5 Å². The average Bonchev–Trinajstić information content (AvgIpc) is 2.67. The van der Waals surface area contributed by atoms with Crippen molar-refractivity contribution in [3.63, 3.8) is 0 Å². The molecule has 1 N–H and O–H groups in total. The van der Waals surface area contributed by atoms with Crippen LogP contribution < -0.4 is 5.32 Å². The summed E-state index contributed by atoms with van der Waals surface area (Å²) in [4.78, 5) is 11.8. The molecular weight excluding hydrogens is 226 g/mol. The molecule has 16 heavy (non-hydrogen) atoms. The molecular formula is C12H14ClNO2. The van der Waals surface area contributed by atoms with Crippen LogP contribution in [0.5, 0.6) is 0 Å². The molecule has 0 amide bonds. The van der Waals surface area contributed by atoms with E-state index in [9.17, 15) is 4.79 Å². The summed E-state index contributed by atoms with van der Waals surface area (Å²) in [5.41, 5.74) is 1.42. The van der Waals surface area contributed by atoms with Gasteiger partial charge in [-0.3, -0.25) is 0 Å². The monoisotopic (exact) mass is 239 g/mol. The molecule has 0 spiro atoms. The summed E-state index contributed by atoms with van der Waals surface area (Å²) in [6.07, 6.45) is 1.32. The van der Waals surface area contributed by atoms with Crippen LogP contribution in [-0.4, -0.2) is 18.6 Å². The predicted molar refractivity (Wildman–Crippen MR) is 63.8 cm³/mol. The van der Waals surface area contributed by atoms with Gasteiger partial charge < -0.3 is 10.1 Å². The van der Waals surface area contributed by atoms with E-state index in [1.54, 1.807) is 0 Å². The molecule has 1 heterocycles. The Morgan fingerprint density at radius 3 is 3.00 bits per heavy atom. The molecule has 1 atom stereocenters. The quantitative estimate of drug-likeness (QED) is 0.807. The fraction of sp³-hybridized carbons (Fsp3) is 0.417. The number of nitrogens with one attached hydrogen (secondary N) is 1. The SMILES string of the molecule is CCC1(C(=O)OC)Cc2cc(Cl)ccc2N1. The first-order valence-electron chi connectivity index (χ1n) is 5.26. The van der Waals surface area contributed by atoms with Crippen LogP contribution in [0.4, 0.5) is 5.69 Å². The van der Waals surface area contributed by atoms with Crippen molar-refractivity contribution in [1.82, 2.24) is 0 Å². The molecule has 1 aromatic carbocycles. The van der Waals surface area contributed by atoms with Crippen molar-refractivity contribution in [3.05, 3.63) is 28.8 Å². The minimum Gasteiger partial charge on any atom is -0.467 e. The maximum atomic E-state index is 11.8. The molecule has 0 radical (unpaired) electrons. The van der Waals surface area contributed by atoms with E-state index in [1.807, 2.05) is 25.1 Å². The lowest BCUT2D eigenvalue weighted by atomic mass is 9.92. The number of anilines is 1. The van der Waals surface area contributed by atoms with Crippen LogP contribution >= 0.6 is 11.6 Å². The average molecular weight is 240 g/mol. The first-order chi connectivity index (χ1) is 7.61. The van der Waals surface area contributed by atoms with Gasteiger partial charge >= 0.3 is 5.97 Å². The van der Waals surface area contributed by atoms with Crippen LogP contribution in [0.2, 0.25) is 5.02 Å². The fourth-order valence-corrected chi connectivity index (χ4v) is 2.33. The van der Waals surface area contributed by atoms with Crippen LogP contribution in [0.15, 0.2) is 18.2 Å². The van der Waals surface area contributed by atoms with Gasteiger partial charge in [0.1, 0.15) is 5.54 Å². The second-order valence-electron chi connectivity index (χ2n) is 4.03. The molecule has 4 heteroatoms. The number of esters is 1. The Balaban J connectivity index is 2.35. The minimum atomic E-state index is -0.623. The zero-order chi connectivity index (χ0) is 11.8. The summed E-state index contributed by atoms with van der Waals surface area (Å²) in [5.74, 6) is -0.220. The van der Waals surface area contributed by atoms with Gasteiger partial charge in [0.25, 0.3) is 0 Å². The van der Waals surface area contributed by atoms with E-state index in [4.69, 9.17) is 16.3 Å². The third-order valence-corrected chi connectivity index (χ3v) is 3.35. The summed E-state index contributed by atoms with van der Waals surface area (Å²) in [6.45, 7) is 1.97. The maximum Gasteiger partial charge on any atom is 0.331 e. The van der Waals surface area contributed by atoms with E-state index in [0.717, 1.165) is 11.3 Å². The van der Waals surface area contributed by atoms with Crippen LogP contribution in [0, 0.1) is 0 Å². The number of carbonyl (C=O) groups is 1. The molecule has 0 saturated carbocycles. The maximum absolute atomic E-state index is 11.8. The van der Waals surface area contributed by atoms with Gasteiger partial charge in [0.15, 0.2) is 0 Å². The Bertz CT molecular complexity index is 433. The van der Waals surface area contributed by atoms with Crippen molar-refractivity contribution >= 4 is 23.3 Å². The lowest BCUT2D eigenvalue weighted by molar-refractivity contribution is -0.145. The van der Waals surface area contributed by atoms with Crippen molar-refractivity contribution in [1.29, 1.82) is 0 Å². The zero-order valence-corrected chi connectivity index (χ0v) is 10.1. The summed E-state index contributed by atoms with van der Waals surface area (Å²) in [7, 11) is 1.41. The fourth-order valence-electron chi connectivity index (χ4n) is 2.13. The molecule has 86 valence electrons. The summed E-state index contributed by atoms with van der Waals surface area (Å²) < 4.78 is 4.86. The van der Waals surface area contributed by atoms with Crippen molar-refractivity contribution in [2.75, 3.05) is 12.4 Å². The van der Waals surface area contributed by atoms with Crippen molar-refractivity contribution in [2.24, 2.45) is 0 Å². The highest BCUT2D eigenvalue weighted by Gasteiger charge is 2.43. The summed E-state index contributed by atoms with van der Waals surface area (Å²) in [6, 6.07) is 5.61. The lowest BCUT2D eigenvalue weighted by Gasteiger charge is -2.25. The van der Waals surface area contributed by atoms with Crippen LogP contribution in [-0.2, 0) is 16.0 Å². The first kappa shape index (κ1) is 11.3. The molecule has 0 saturated heterocycles. The van der Waals surface area contributed by atoms with E-state index < -0.39 is 5.54 Å². The third kappa shape index (κ3) is 1.65. The van der Waals surface area contributed by atoms with Gasteiger partial charge in [-0.05, 0) is 30.2 Å². The van der Waals surface area contributed by atoms with E-state index in [0.29, 0.717) is 17.9 Å². The van der Waals surface area contributed by atoms with Crippen LogP contribution in [0.1, 0.15) is 18.9 Å². The second kappa shape index (κ2) is 3.98. The van der Waals surface area contributed by atoms with Gasteiger partial charge in [0.2, 0.25) is 0 Å². The normalized spacial score (nSPS) is 22.4. The Labute approximate surface area is 99.7 Å². The molecule has 1 aliphatic rings. The Morgan fingerprint density at radius 1 is 1.62 bits per heavy atom. The smallest absolute Gasteiger partial charge is 0.331 e. The molecule has 1 aromatic rings. The van der Waals surface area contributed by atoms with Gasteiger partial charge in [-0.15, -0.1) is 0 Å². The van der Waals surface area contributed by atoms with Crippen LogP contribution in [0.3, 0.4) is 0 Å². The predicted octanol–water partition coefficient (Wildman–Crippen LogP) is 2.63. The number of hydrogen-bond acceptors (Lipinski definition) is 3. The molecule has 1 unspecified atom stereocenters. The number of carbonyl (C=O) groups excluding carboxylic acids is 1. The highest BCUT2D eigenvalue weighted by molar-refractivity contribution is 6.30. The second-order valence-corrected chi connectivity index (χ2v) is 4.47. The van der Waals surface area contributed by atoms with Crippen molar-refractivity contribution < 1.29 is 9.53 Å². The number of halogens is 1. The molecule has 0 fully saturated rings. The first-order valence-corrected chi connectivity index (χ1v) is 5.64. The number of methoxy groups -OCH3 is 1. The number of hydrogen-bond donors (Lipinski definition) is 1. The molecule has 2 rings (SSSR count). The van der Waals surface area contributed by atoms with E-state index in [1.165, 1.54) is 7.11 Å². The topological polar surface area (TPSA) is 38.3 Å². The number of rotatable bonds is 2. The minimum absolute atomic E-state index is 0.220. The molecule has 1 aliphatic heterocycles. The van der Waals surface area contributed by atoms with Gasteiger partial charge in [0, 0.05) is 17.1 Å². The standard InChI is InChI=1S/C12H14ClNO2/c1-3-12(11(15)16-2)7-8-6-9(13)4-5-10(8)14-12/h4-6,14H,3,7H2,1-2H3. The highest BCUT2D eigenvalue weighted by atomic mass is 35.5. The van der Waals surface area contributed by atoms with Crippen molar-refractivity contribution in [2.45, 2.75) is 25.3 Å². The van der Waals surface area contributed by atoms with E-state index in [-0.39, 0.29) is 5.97 Å². The summed E-state index contributed by atoms with van der Waals surface area (Å²) >= 11 is 5.93. The number of fused-ring (bicyclic) bond motifs is 1. The Kier molecular flexibility index (Phi) is 2.80. The molecule has 0 bridgehead atoms. The van der Waals surface area contributed by atoms with Gasteiger partial charge in [-0.2, -0.15) is 0 Å². The van der Waals surface area contributed by atoms with Crippen molar-refractivity contribution in [3.8, 4) is 0 Å². The van der Waals surface area contributed by atoms with Gasteiger partial charge in [0.05, 0.1) is 7.11 Å². The molecule has 3 nitrogen and oxygen atoms in total. The lowest BCUT2D eigenvalue weighted by Crippen LogP contribution is -2.45. The van der Waals surface area contributed by atoms with E-state index >= 15 is 0 Å². The molecule has 0 aromatic heterocycles. The number of ether oxygens (including phenoxy) is 1. The van der Waals surface area contributed by atoms with E-state index in [2.05, 4.69) is 5.32 Å². The summed E-state index contributed by atoms with van der Waals surface area (Å²) in [5, 5.41) is 3.93. The number of benzene rings is 1. The highest BCUT2D eigenvalue weighted by Crippen LogP contribution is 2.36. The Hall–Kier alpha value is -1.22. The molecule has 0 aliphatic carbocycles. The largest absolute Gasteiger partial charge is 0.467 e. The third-order valence-electron chi connectivity index (χ3n) is 3.11. The van der Waals surface area contributed by atoms with Gasteiger partial charge in [-0.25, -0.2) is 4.79 Å². The van der Waals surface area contributed by atoms with Crippen LogP contribution in [0.25, 0.3) is 0 Å². The zero-order valence-electron chi connectivity index (χ0n) is 9.34.